The Hall–Kier alpha value is -2.11. The molecule has 6 nitrogen and oxygen atoms in total. The second-order valence-corrected chi connectivity index (χ2v) is 2.66. The van der Waals surface area contributed by atoms with Crippen LogP contribution in [0.1, 0.15) is 5.82 Å². The van der Waals surface area contributed by atoms with Gasteiger partial charge in [-0.2, -0.15) is 0 Å². The van der Waals surface area contributed by atoms with Crippen LogP contribution in [0.4, 0.5) is 0 Å². The van der Waals surface area contributed by atoms with E-state index in [-0.39, 0.29) is 11.6 Å². The van der Waals surface area contributed by atoms with E-state index in [1.165, 1.54) is 12.4 Å². The number of rotatable bonds is 1. The van der Waals surface area contributed by atoms with E-state index in [0.29, 0.717) is 11.4 Å². The molecule has 14 heavy (non-hydrogen) atoms. The van der Waals surface area contributed by atoms with Gasteiger partial charge < -0.3 is 5.11 Å². The molecule has 0 aliphatic carbocycles. The fourth-order valence-electron chi connectivity index (χ4n) is 0.962. The first-order chi connectivity index (χ1) is 6.77. The Kier molecular flexibility index (Phi) is 2.02. The van der Waals surface area contributed by atoms with Crippen LogP contribution in [0, 0.1) is 6.92 Å². The summed E-state index contributed by atoms with van der Waals surface area (Å²) >= 11 is 0. The summed E-state index contributed by atoms with van der Waals surface area (Å²) in [6, 6.07) is 1.60. The van der Waals surface area contributed by atoms with Crippen molar-refractivity contribution < 1.29 is 5.11 Å². The van der Waals surface area contributed by atoms with Crippen molar-refractivity contribution in [1.29, 1.82) is 0 Å². The van der Waals surface area contributed by atoms with Crippen molar-refractivity contribution in [3.05, 3.63) is 24.3 Å². The van der Waals surface area contributed by atoms with E-state index < -0.39 is 0 Å². The van der Waals surface area contributed by atoms with E-state index in [2.05, 4.69) is 25.4 Å². The predicted octanol–water partition coefficient (Wildman–Crippen LogP) is 0.343. The molecular weight excluding hydrogens is 182 g/mol. The maximum absolute atomic E-state index is 9.44. The number of aromatic nitrogens is 5. The topological polar surface area (TPSA) is 84.7 Å². The molecule has 6 heteroatoms. The number of aromatic hydroxyl groups is 1. The zero-order chi connectivity index (χ0) is 9.97. The molecule has 0 bridgehead atoms. The largest absolute Gasteiger partial charge is 0.506 e. The molecule has 2 heterocycles. The van der Waals surface area contributed by atoms with Gasteiger partial charge in [-0.3, -0.25) is 4.98 Å². The normalized spacial score (nSPS) is 10.1. The lowest BCUT2D eigenvalue weighted by atomic mass is 10.2. The van der Waals surface area contributed by atoms with E-state index in [9.17, 15) is 5.11 Å². The van der Waals surface area contributed by atoms with Crippen LogP contribution >= 0.6 is 0 Å². The number of aryl methyl sites for hydroxylation is 1. The van der Waals surface area contributed by atoms with Crippen LogP contribution in [-0.4, -0.2) is 30.5 Å². The summed E-state index contributed by atoms with van der Waals surface area (Å²) in [5.41, 5.74) is 0.472. The highest BCUT2D eigenvalue weighted by atomic mass is 16.3. The van der Waals surface area contributed by atoms with Crippen LogP contribution < -0.4 is 0 Å². The molecule has 2 aromatic heterocycles. The van der Waals surface area contributed by atoms with E-state index in [1.807, 2.05) is 0 Å². The molecule has 0 spiro atoms. The average molecular weight is 189 g/mol. The lowest BCUT2D eigenvalue weighted by molar-refractivity contribution is 0.474. The summed E-state index contributed by atoms with van der Waals surface area (Å²) in [6.45, 7) is 1.69. The Morgan fingerprint density at radius 3 is 2.50 bits per heavy atom. The third-order valence-corrected chi connectivity index (χ3v) is 1.62. The summed E-state index contributed by atoms with van der Waals surface area (Å²) in [5.74, 6) is 0.790. The molecule has 0 saturated carbocycles. The SMILES string of the molecule is Cc1nnc(-c2ccncc2O)nn1. The maximum Gasteiger partial charge on any atom is 0.207 e. The molecule has 0 aliphatic rings. The minimum absolute atomic E-state index is 0.0138. The lowest BCUT2D eigenvalue weighted by Crippen LogP contribution is -1.98. The number of nitrogens with zero attached hydrogens (tertiary/aromatic N) is 5. The van der Waals surface area contributed by atoms with Crippen LogP contribution in [-0.2, 0) is 0 Å². The molecule has 0 aliphatic heterocycles. The summed E-state index contributed by atoms with van der Waals surface area (Å²) < 4.78 is 0. The molecular formula is C8H7N5O. The average Bonchev–Trinajstić information content (AvgIpc) is 2.20. The van der Waals surface area contributed by atoms with Crippen molar-refractivity contribution in [1.82, 2.24) is 25.4 Å². The fraction of sp³-hybridized carbons (Fsp3) is 0.125. The predicted molar refractivity (Wildman–Crippen MR) is 47.3 cm³/mol. The van der Waals surface area contributed by atoms with Gasteiger partial charge in [-0.1, -0.05) is 0 Å². The van der Waals surface area contributed by atoms with Crippen LogP contribution in [0.15, 0.2) is 18.5 Å². The Balaban J connectivity index is 2.50. The van der Waals surface area contributed by atoms with Crippen LogP contribution in [0.2, 0.25) is 0 Å². The van der Waals surface area contributed by atoms with E-state index in [1.54, 1.807) is 13.0 Å². The first kappa shape index (κ1) is 8.49. The quantitative estimate of drug-likeness (QED) is 0.696. The minimum atomic E-state index is 0.0138. The van der Waals surface area contributed by atoms with Gasteiger partial charge >= 0.3 is 0 Å². The second kappa shape index (κ2) is 3.33. The summed E-state index contributed by atoms with van der Waals surface area (Å²) in [5, 5.41) is 24.5. The van der Waals surface area contributed by atoms with Crippen LogP contribution in [0.5, 0.6) is 5.75 Å². The van der Waals surface area contributed by atoms with Gasteiger partial charge in [0.05, 0.1) is 11.8 Å². The molecule has 70 valence electrons. The molecule has 0 aromatic carbocycles. The minimum Gasteiger partial charge on any atom is -0.506 e. The maximum atomic E-state index is 9.44. The third kappa shape index (κ3) is 1.49. The van der Waals surface area contributed by atoms with Crippen molar-refractivity contribution in [3.63, 3.8) is 0 Å². The van der Waals surface area contributed by atoms with Gasteiger partial charge in [-0.05, 0) is 13.0 Å². The first-order valence-corrected chi connectivity index (χ1v) is 3.95. The van der Waals surface area contributed by atoms with Crippen molar-refractivity contribution in [2.24, 2.45) is 0 Å². The van der Waals surface area contributed by atoms with E-state index in [4.69, 9.17) is 0 Å². The summed E-state index contributed by atoms with van der Waals surface area (Å²) in [7, 11) is 0. The number of hydrogen-bond donors (Lipinski definition) is 1. The highest BCUT2D eigenvalue weighted by molar-refractivity contribution is 5.61. The molecule has 1 N–H and O–H groups in total. The highest BCUT2D eigenvalue weighted by Crippen LogP contribution is 2.22. The third-order valence-electron chi connectivity index (χ3n) is 1.62. The molecule has 0 saturated heterocycles. The Morgan fingerprint density at radius 1 is 1.14 bits per heavy atom. The zero-order valence-electron chi connectivity index (χ0n) is 7.42. The standard InChI is InChI=1S/C8H7N5O/c1-5-10-12-8(13-11-5)6-2-3-9-4-7(6)14/h2-4,14H,1H3. The molecule has 0 atom stereocenters. The first-order valence-electron chi connectivity index (χ1n) is 3.95. The molecule has 2 aromatic rings. The smallest absolute Gasteiger partial charge is 0.207 e. The van der Waals surface area contributed by atoms with Gasteiger partial charge in [-0.25, -0.2) is 0 Å². The van der Waals surface area contributed by atoms with Gasteiger partial charge in [0, 0.05) is 6.20 Å². The van der Waals surface area contributed by atoms with Gasteiger partial charge in [-0.15, -0.1) is 20.4 Å². The molecule has 0 unspecified atom stereocenters. The van der Waals surface area contributed by atoms with Crippen molar-refractivity contribution in [3.8, 4) is 17.1 Å². The van der Waals surface area contributed by atoms with E-state index in [0.717, 1.165) is 0 Å². The molecule has 2 rings (SSSR count). The van der Waals surface area contributed by atoms with Crippen molar-refractivity contribution >= 4 is 0 Å². The lowest BCUT2D eigenvalue weighted by Gasteiger charge is -1.99. The van der Waals surface area contributed by atoms with Gasteiger partial charge in [0.25, 0.3) is 0 Å². The van der Waals surface area contributed by atoms with Gasteiger partial charge in [0.1, 0.15) is 5.75 Å². The number of hydrogen-bond acceptors (Lipinski definition) is 6. The van der Waals surface area contributed by atoms with Crippen LogP contribution in [0.25, 0.3) is 11.4 Å². The second-order valence-electron chi connectivity index (χ2n) is 2.66. The Morgan fingerprint density at radius 2 is 1.86 bits per heavy atom. The molecule has 0 radical (unpaired) electrons. The monoisotopic (exact) mass is 189 g/mol. The molecule has 0 amide bonds. The summed E-state index contributed by atoms with van der Waals surface area (Å²) in [4.78, 5) is 3.74. The zero-order valence-corrected chi connectivity index (χ0v) is 7.42. The Bertz CT molecular complexity index is 442. The highest BCUT2D eigenvalue weighted by Gasteiger charge is 2.07. The number of pyridine rings is 1. The fourth-order valence-corrected chi connectivity index (χ4v) is 0.962. The summed E-state index contributed by atoms with van der Waals surface area (Å²) in [6.07, 6.45) is 2.86. The van der Waals surface area contributed by atoms with Gasteiger partial charge in [0.2, 0.25) is 5.82 Å². The molecule has 0 fully saturated rings. The van der Waals surface area contributed by atoms with Crippen LogP contribution in [0.3, 0.4) is 0 Å². The van der Waals surface area contributed by atoms with E-state index >= 15 is 0 Å². The van der Waals surface area contributed by atoms with Gasteiger partial charge in [0.15, 0.2) is 5.82 Å². The van der Waals surface area contributed by atoms with Crippen molar-refractivity contribution in [2.75, 3.05) is 0 Å². The Labute approximate surface area is 79.7 Å². The van der Waals surface area contributed by atoms with Crippen molar-refractivity contribution in [2.45, 2.75) is 6.92 Å².